The first-order valence-corrected chi connectivity index (χ1v) is 9.06. The van der Waals surface area contributed by atoms with Gasteiger partial charge >= 0.3 is 0 Å². The topological polar surface area (TPSA) is 96.7 Å². The van der Waals surface area contributed by atoms with Crippen molar-refractivity contribution in [3.8, 4) is 0 Å². The SMILES string of the molecule is CC(=O)c1ccc(S(=O)(=O)N(C)CC(=O)NC(C)c2ccco2)cc1. The monoisotopic (exact) mass is 364 g/mol. The van der Waals surface area contributed by atoms with Crippen LogP contribution in [-0.2, 0) is 14.8 Å². The predicted molar refractivity (Wildman–Crippen MR) is 91.5 cm³/mol. The third-order valence-electron chi connectivity index (χ3n) is 3.68. The van der Waals surface area contributed by atoms with E-state index in [9.17, 15) is 18.0 Å². The fourth-order valence-electron chi connectivity index (χ4n) is 2.22. The zero-order valence-electron chi connectivity index (χ0n) is 14.2. The molecule has 0 saturated carbocycles. The highest BCUT2D eigenvalue weighted by Gasteiger charge is 2.24. The van der Waals surface area contributed by atoms with Gasteiger partial charge in [0.2, 0.25) is 15.9 Å². The van der Waals surface area contributed by atoms with Crippen LogP contribution in [0.2, 0.25) is 0 Å². The molecule has 1 heterocycles. The normalized spacial score (nSPS) is 12.8. The number of amides is 1. The Bertz CT molecular complexity index is 842. The largest absolute Gasteiger partial charge is 0.467 e. The van der Waals surface area contributed by atoms with Gasteiger partial charge in [-0.3, -0.25) is 9.59 Å². The summed E-state index contributed by atoms with van der Waals surface area (Å²) in [5.41, 5.74) is 0.423. The molecule has 2 rings (SSSR count). The summed E-state index contributed by atoms with van der Waals surface area (Å²) in [7, 11) is -2.50. The van der Waals surface area contributed by atoms with E-state index in [1.54, 1.807) is 19.1 Å². The van der Waals surface area contributed by atoms with Crippen molar-refractivity contribution >= 4 is 21.7 Å². The number of rotatable bonds is 7. The van der Waals surface area contributed by atoms with Crippen molar-refractivity contribution < 1.29 is 22.4 Å². The molecule has 0 aliphatic carbocycles. The van der Waals surface area contributed by atoms with E-state index in [1.807, 2.05) is 0 Å². The molecule has 0 saturated heterocycles. The van der Waals surface area contributed by atoms with E-state index in [1.165, 1.54) is 44.5 Å². The maximum Gasteiger partial charge on any atom is 0.243 e. The summed E-state index contributed by atoms with van der Waals surface area (Å²) >= 11 is 0. The number of ketones is 1. The van der Waals surface area contributed by atoms with Crippen LogP contribution in [0.5, 0.6) is 0 Å². The van der Waals surface area contributed by atoms with E-state index < -0.39 is 15.9 Å². The molecule has 2 aromatic rings. The van der Waals surface area contributed by atoms with Gasteiger partial charge in [-0.25, -0.2) is 8.42 Å². The zero-order valence-corrected chi connectivity index (χ0v) is 15.0. The van der Waals surface area contributed by atoms with Gasteiger partial charge < -0.3 is 9.73 Å². The second-order valence-corrected chi connectivity index (χ2v) is 7.69. The molecule has 0 radical (unpaired) electrons. The highest BCUT2D eigenvalue weighted by molar-refractivity contribution is 7.89. The molecule has 1 atom stereocenters. The second-order valence-electron chi connectivity index (χ2n) is 5.65. The first-order chi connectivity index (χ1) is 11.7. The number of Topliss-reactive ketones (excluding diaryl/α,β-unsaturated/α-hetero) is 1. The Morgan fingerprint density at radius 1 is 1.20 bits per heavy atom. The van der Waals surface area contributed by atoms with Crippen molar-refractivity contribution in [2.75, 3.05) is 13.6 Å². The van der Waals surface area contributed by atoms with Gasteiger partial charge in [0.25, 0.3) is 0 Å². The first-order valence-electron chi connectivity index (χ1n) is 7.62. The summed E-state index contributed by atoms with van der Waals surface area (Å²) in [5, 5.41) is 2.68. The Balaban J connectivity index is 2.04. The number of sulfonamides is 1. The maximum absolute atomic E-state index is 12.5. The third-order valence-corrected chi connectivity index (χ3v) is 5.50. The van der Waals surface area contributed by atoms with Gasteiger partial charge in [0, 0.05) is 12.6 Å². The number of carbonyl (C=O) groups is 2. The number of nitrogens with one attached hydrogen (secondary N) is 1. The fraction of sp³-hybridized carbons (Fsp3) is 0.294. The Kier molecular flexibility index (Phi) is 5.76. The van der Waals surface area contributed by atoms with Crippen molar-refractivity contribution in [1.29, 1.82) is 0 Å². The van der Waals surface area contributed by atoms with Gasteiger partial charge in [0.15, 0.2) is 5.78 Å². The molecule has 1 unspecified atom stereocenters. The van der Waals surface area contributed by atoms with E-state index in [4.69, 9.17) is 4.42 Å². The minimum atomic E-state index is -3.83. The molecule has 7 nitrogen and oxygen atoms in total. The molecule has 134 valence electrons. The average molecular weight is 364 g/mol. The lowest BCUT2D eigenvalue weighted by Gasteiger charge is -2.18. The molecule has 0 fully saturated rings. The molecule has 0 spiro atoms. The number of hydrogen-bond acceptors (Lipinski definition) is 5. The van der Waals surface area contributed by atoms with Crippen LogP contribution >= 0.6 is 0 Å². The Morgan fingerprint density at radius 3 is 2.36 bits per heavy atom. The highest BCUT2D eigenvalue weighted by Crippen LogP contribution is 2.16. The summed E-state index contributed by atoms with van der Waals surface area (Å²) in [6.07, 6.45) is 1.50. The standard InChI is InChI=1S/C17H20N2O5S/c1-12(16-5-4-10-24-16)18-17(21)11-19(3)25(22,23)15-8-6-14(7-9-15)13(2)20/h4-10,12H,11H2,1-3H3,(H,18,21). The summed E-state index contributed by atoms with van der Waals surface area (Å²) < 4.78 is 31.2. The number of benzene rings is 1. The van der Waals surface area contributed by atoms with Crippen LogP contribution in [0.3, 0.4) is 0 Å². The van der Waals surface area contributed by atoms with Crippen molar-refractivity contribution in [3.05, 3.63) is 54.0 Å². The molecule has 25 heavy (non-hydrogen) atoms. The predicted octanol–water partition coefficient (Wildman–Crippen LogP) is 1.98. The average Bonchev–Trinajstić information content (AvgIpc) is 3.09. The minimum absolute atomic E-state index is 0.0203. The Labute approximate surface area is 146 Å². The van der Waals surface area contributed by atoms with E-state index >= 15 is 0 Å². The third kappa shape index (κ3) is 4.55. The van der Waals surface area contributed by atoms with Crippen LogP contribution in [-0.4, -0.2) is 38.0 Å². The van der Waals surface area contributed by atoms with Crippen LogP contribution in [0.25, 0.3) is 0 Å². The lowest BCUT2D eigenvalue weighted by atomic mass is 10.2. The van der Waals surface area contributed by atoms with Crippen LogP contribution in [0.1, 0.15) is 36.0 Å². The van der Waals surface area contributed by atoms with Crippen LogP contribution in [0.4, 0.5) is 0 Å². The summed E-state index contributed by atoms with van der Waals surface area (Å²) in [4.78, 5) is 23.4. The summed E-state index contributed by atoms with van der Waals surface area (Å²) in [6, 6.07) is 8.66. The van der Waals surface area contributed by atoms with Crippen molar-refractivity contribution in [2.24, 2.45) is 0 Å². The van der Waals surface area contributed by atoms with Gasteiger partial charge in [-0.05, 0) is 38.1 Å². The molecular formula is C17H20N2O5S. The molecule has 0 bridgehead atoms. The Hall–Kier alpha value is -2.45. The van der Waals surface area contributed by atoms with Crippen LogP contribution < -0.4 is 5.32 Å². The zero-order chi connectivity index (χ0) is 18.6. The molecular weight excluding hydrogens is 344 g/mol. The van der Waals surface area contributed by atoms with Gasteiger partial charge in [-0.1, -0.05) is 12.1 Å². The van der Waals surface area contributed by atoms with E-state index in [2.05, 4.69) is 5.32 Å². The van der Waals surface area contributed by atoms with Gasteiger partial charge in [0.05, 0.1) is 23.7 Å². The minimum Gasteiger partial charge on any atom is -0.467 e. The number of hydrogen-bond donors (Lipinski definition) is 1. The molecule has 1 amide bonds. The van der Waals surface area contributed by atoms with E-state index in [-0.39, 0.29) is 23.3 Å². The lowest BCUT2D eigenvalue weighted by Crippen LogP contribution is -2.39. The number of furan rings is 1. The van der Waals surface area contributed by atoms with Gasteiger partial charge in [-0.15, -0.1) is 0 Å². The molecule has 1 aromatic carbocycles. The molecule has 0 aliphatic heterocycles. The van der Waals surface area contributed by atoms with E-state index in [0.29, 0.717) is 11.3 Å². The second kappa shape index (κ2) is 7.62. The summed E-state index contributed by atoms with van der Waals surface area (Å²) in [6.45, 7) is 2.81. The van der Waals surface area contributed by atoms with Crippen LogP contribution in [0, 0.1) is 0 Å². The van der Waals surface area contributed by atoms with Gasteiger partial charge in [0.1, 0.15) is 5.76 Å². The first kappa shape index (κ1) is 18.9. The van der Waals surface area contributed by atoms with Crippen molar-refractivity contribution in [3.63, 3.8) is 0 Å². The fourth-order valence-corrected chi connectivity index (χ4v) is 3.35. The number of likely N-dealkylation sites (N-methyl/N-ethyl adjacent to an activating group) is 1. The Morgan fingerprint density at radius 2 is 1.84 bits per heavy atom. The molecule has 1 aromatic heterocycles. The molecule has 1 N–H and O–H groups in total. The lowest BCUT2D eigenvalue weighted by molar-refractivity contribution is -0.121. The van der Waals surface area contributed by atoms with E-state index in [0.717, 1.165) is 4.31 Å². The molecule has 0 aliphatic rings. The molecule has 8 heteroatoms. The van der Waals surface area contributed by atoms with Gasteiger partial charge in [-0.2, -0.15) is 4.31 Å². The highest BCUT2D eigenvalue weighted by atomic mass is 32.2. The van der Waals surface area contributed by atoms with Crippen molar-refractivity contribution in [1.82, 2.24) is 9.62 Å². The smallest absolute Gasteiger partial charge is 0.243 e. The maximum atomic E-state index is 12.5. The quantitative estimate of drug-likeness (QED) is 0.758. The number of nitrogens with zero attached hydrogens (tertiary/aromatic N) is 1. The van der Waals surface area contributed by atoms with Crippen molar-refractivity contribution in [2.45, 2.75) is 24.8 Å². The summed E-state index contributed by atoms with van der Waals surface area (Å²) in [5.74, 6) is -0.0161. The van der Waals surface area contributed by atoms with Crippen LogP contribution in [0.15, 0.2) is 52.0 Å². The number of carbonyl (C=O) groups excluding carboxylic acids is 2.